The normalized spacial score (nSPS) is 17.4. The van der Waals surface area contributed by atoms with Crippen LogP contribution in [0, 0.1) is 0 Å². The van der Waals surface area contributed by atoms with E-state index in [9.17, 15) is 18.0 Å². The Balaban J connectivity index is 0.000000386. The van der Waals surface area contributed by atoms with E-state index < -0.39 is 15.6 Å². The first-order valence-electron chi connectivity index (χ1n) is 11.8. The molecule has 0 amide bonds. The van der Waals surface area contributed by atoms with Gasteiger partial charge in [0.05, 0.1) is 0 Å². The topological polar surface area (TPSA) is 93.4 Å². The minimum absolute atomic E-state index is 0.148. The molecule has 0 saturated heterocycles. The van der Waals surface area contributed by atoms with E-state index in [1.807, 2.05) is 7.05 Å². The summed E-state index contributed by atoms with van der Waals surface area (Å²) in [5, 5.41) is 3.30. The van der Waals surface area contributed by atoms with Crippen LogP contribution in [0.5, 0.6) is 0 Å². The number of carbonyl (C=O) groups is 1. The van der Waals surface area contributed by atoms with Crippen LogP contribution in [0.4, 0.5) is 18.9 Å². The van der Waals surface area contributed by atoms with Crippen LogP contribution in [-0.4, -0.2) is 67.3 Å². The van der Waals surface area contributed by atoms with Gasteiger partial charge < -0.3 is 4.55 Å². The van der Waals surface area contributed by atoms with Gasteiger partial charge in [0.25, 0.3) is 0 Å². The third kappa shape index (κ3) is 5.79. The summed E-state index contributed by atoms with van der Waals surface area (Å²) in [6, 6.07) is 17.1. The molecule has 0 bridgehead atoms. The molecule has 3 aromatic rings. The van der Waals surface area contributed by atoms with E-state index in [1.165, 1.54) is 29.1 Å². The van der Waals surface area contributed by atoms with Crippen LogP contribution >= 0.6 is 0 Å². The Morgan fingerprint density at radius 3 is 2.33 bits per heavy atom. The molecular formula is C26H24F3N3O4SSe2. The fraction of sp³-hybridized carbons (Fsp3) is 0.231. The zero-order valence-corrected chi connectivity index (χ0v) is 25.3. The molecule has 0 saturated carbocycles. The quantitative estimate of drug-likeness (QED) is 0.146. The summed E-state index contributed by atoms with van der Waals surface area (Å²) in [7, 11) is -4.18. The van der Waals surface area contributed by atoms with E-state index in [0.29, 0.717) is 0 Å². The number of ketones is 1. The Morgan fingerprint density at radius 1 is 1.08 bits per heavy atom. The molecule has 0 fully saturated rings. The van der Waals surface area contributed by atoms with E-state index in [4.69, 9.17) is 13.0 Å². The summed E-state index contributed by atoms with van der Waals surface area (Å²) in [4.78, 5) is 15.5. The zero-order chi connectivity index (χ0) is 28.5. The van der Waals surface area contributed by atoms with Gasteiger partial charge in [-0.15, -0.1) is 0 Å². The first-order chi connectivity index (χ1) is 18.4. The van der Waals surface area contributed by atoms with Crippen molar-refractivity contribution in [3.8, 4) is 0 Å². The molecule has 206 valence electrons. The van der Waals surface area contributed by atoms with Gasteiger partial charge in [0.2, 0.25) is 0 Å². The Hall–Kier alpha value is -2.66. The van der Waals surface area contributed by atoms with Crippen molar-refractivity contribution in [2.24, 2.45) is 0 Å². The van der Waals surface area contributed by atoms with Crippen molar-refractivity contribution < 1.29 is 35.5 Å². The number of hydrogen-bond acceptors (Lipinski definition) is 6. The fourth-order valence-corrected chi connectivity index (χ4v) is 9.13. The van der Waals surface area contributed by atoms with Gasteiger partial charge in [-0.1, -0.05) is 0 Å². The van der Waals surface area contributed by atoms with Gasteiger partial charge in [-0.3, -0.25) is 0 Å². The zero-order valence-electron chi connectivity index (χ0n) is 21.1. The molecule has 39 heavy (non-hydrogen) atoms. The van der Waals surface area contributed by atoms with Crippen LogP contribution in [0.25, 0.3) is 15.9 Å². The number of likely N-dealkylation sites (N-methyl/N-ethyl adjacent to an activating group) is 1. The third-order valence-electron chi connectivity index (χ3n) is 6.00. The minimum atomic E-state index is -6.09. The Kier molecular flexibility index (Phi) is 8.61. The van der Waals surface area contributed by atoms with E-state index in [-0.39, 0.29) is 35.2 Å². The number of anilines is 1. The number of benzene rings is 2. The maximum absolute atomic E-state index is 13.2. The number of carbonyl (C=O) groups excluding carboxylic acids is 1. The second kappa shape index (κ2) is 11.4. The van der Waals surface area contributed by atoms with Crippen molar-refractivity contribution in [2.45, 2.75) is 25.9 Å². The molecule has 1 N–H and O–H groups in total. The van der Waals surface area contributed by atoms with Crippen molar-refractivity contribution in [2.75, 3.05) is 18.5 Å². The second-order valence-corrected chi connectivity index (χ2v) is 14.1. The number of halogens is 3. The summed E-state index contributed by atoms with van der Waals surface area (Å²) < 4.78 is 66.5. The van der Waals surface area contributed by atoms with E-state index in [0.717, 1.165) is 29.9 Å². The molecule has 13 heteroatoms. The monoisotopic (exact) mass is 691 g/mol. The summed E-state index contributed by atoms with van der Waals surface area (Å²) in [5.74, 6) is 0.148. The van der Waals surface area contributed by atoms with Crippen molar-refractivity contribution in [3.05, 3.63) is 80.6 Å². The molecule has 2 aliphatic rings. The first-order valence-corrected chi connectivity index (χ1v) is 16.6. The van der Waals surface area contributed by atoms with Crippen LogP contribution in [0.3, 0.4) is 0 Å². The van der Waals surface area contributed by atoms with E-state index in [1.54, 1.807) is 0 Å². The molecule has 0 unspecified atom stereocenters. The third-order valence-corrected chi connectivity index (χ3v) is 11.2. The number of allylic oxidation sites excluding steroid dienone is 3. The smallest absolute Gasteiger partial charge is 0.485 e. The molecule has 1 aromatic heterocycles. The summed E-state index contributed by atoms with van der Waals surface area (Å²) in [5.41, 5.74) is -0.493. The van der Waals surface area contributed by atoms with Crippen LogP contribution in [0.2, 0.25) is 0 Å². The Labute approximate surface area is 236 Å². The number of aromatic nitrogens is 1. The van der Waals surface area contributed by atoms with Gasteiger partial charge in [-0.25, -0.2) is 8.42 Å². The maximum Gasteiger partial charge on any atom is 0.485 e. The van der Waals surface area contributed by atoms with Gasteiger partial charge >= 0.3 is 201 Å². The van der Waals surface area contributed by atoms with Gasteiger partial charge in [-0.2, -0.15) is 13.2 Å². The molecule has 0 atom stereocenters. The average molecular weight is 689 g/mol. The van der Waals surface area contributed by atoms with Crippen molar-refractivity contribution in [1.29, 1.82) is 0 Å². The second-order valence-electron chi connectivity index (χ2n) is 8.27. The number of rotatable bonds is 5. The van der Waals surface area contributed by atoms with E-state index >= 15 is 0 Å². The minimum Gasteiger partial charge on any atom is -0.741 e. The fourth-order valence-electron chi connectivity index (χ4n) is 4.22. The van der Waals surface area contributed by atoms with Gasteiger partial charge in [0.15, 0.2) is 10.1 Å². The van der Waals surface area contributed by atoms with Crippen LogP contribution in [-0.2, 0) is 21.5 Å². The SMILES string of the molecule is CCN1C(=CC2=C(NC)C(=Cc3[se]c4ccccc4[n+]3CC)C2=O)[Se]c2ccccc21.O=S(=O)([O-])C(F)(F)F. The number of alkyl halides is 3. The number of fused-ring (bicyclic) bond motifs is 2. The van der Waals surface area contributed by atoms with Crippen molar-refractivity contribution >= 4 is 71.4 Å². The van der Waals surface area contributed by atoms with Gasteiger partial charge in [0, 0.05) is 0 Å². The van der Waals surface area contributed by atoms with Gasteiger partial charge in [0.1, 0.15) is 0 Å². The summed E-state index contributed by atoms with van der Waals surface area (Å²) in [6.45, 7) is 6.16. The number of Topliss-reactive ketones (excluding diaryl/α,β-unsaturated/α-hetero) is 1. The molecule has 2 heterocycles. The number of nitrogens with one attached hydrogen (secondary N) is 1. The van der Waals surface area contributed by atoms with Gasteiger partial charge in [-0.05, 0) is 0 Å². The molecule has 0 spiro atoms. The van der Waals surface area contributed by atoms with Crippen LogP contribution < -0.4 is 19.2 Å². The molecule has 2 aromatic carbocycles. The standard InChI is InChI=1S/C25H23N3OSe2.CHF3O3S/c1-4-27-18-10-6-8-12-20(18)30-22(27)14-16-24(26-3)17(25(16)29)15-23-28(5-2)19-11-7-9-13-21(19)31-23;2-1(3,4)8(5,6)7/h6-15H,4-5H2,1-3H3;(H,5,6,7). The Bertz CT molecular complexity index is 1640. The number of para-hydroxylation sites is 2. The molecule has 1 aliphatic carbocycles. The van der Waals surface area contributed by atoms with Crippen molar-refractivity contribution in [1.82, 2.24) is 5.32 Å². The number of hydrogen-bond donors (Lipinski definition) is 1. The first kappa shape index (κ1) is 29.3. The largest absolute Gasteiger partial charge is 0.741 e. The predicted octanol–water partition coefficient (Wildman–Crippen LogP) is 2.41. The van der Waals surface area contributed by atoms with E-state index in [2.05, 4.69) is 89.3 Å². The predicted molar refractivity (Wildman–Crippen MR) is 145 cm³/mol. The maximum atomic E-state index is 13.2. The van der Waals surface area contributed by atoms with Crippen molar-refractivity contribution in [3.63, 3.8) is 0 Å². The molecule has 0 radical (unpaired) electrons. The Morgan fingerprint density at radius 2 is 1.72 bits per heavy atom. The molecule has 1 aliphatic heterocycles. The molecular weight excluding hydrogens is 665 g/mol. The average Bonchev–Trinajstić information content (AvgIpc) is 3.43. The molecule has 7 nitrogen and oxygen atoms in total. The number of aryl methyl sites for hydroxylation is 1. The van der Waals surface area contributed by atoms with Crippen LogP contribution in [0.15, 0.2) is 76.0 Å². The summed E-state index contributed by atoms with van der Waals surface area (Å²) >= 11 is 0.449. The summed E-state index contributed by atoms with van der Waals surface area (Å²) in [6.07, 6.45) is 4.23. The number of nitrogens with zero attached hydrogens (tertiary/aromatic N) is 2. The molecule has 5 rings (SSSR count). The van der Waals surface area contributed by atoms with Crippen LogP contribution in [0.1, 0.15) is 18.4 Å².